The van der Waals surface area contributed by atoms with Gasteiger partial charge < -0.3 is 15.7 Å². The Morgan fingerprint density at radius 1 is 1.06 bits per heavy atom. The summed E-state index contributed by atoms with van der Waals surface area (Å²) >= 11 is 0. The Hall–Kier alpha value is -2.42. The fraction of sp³-hybridized carbons (Fsp3) is 0.536. The van der Waals surface area contributed by atoms with Crippen molar-refractivity contribution in [2.45, 2.75) is 75.1 Å². The largest absolute Gasteiger partial charge is 0.390 e. The number of nitrogens with zero attached hydrogens (tertiary/aromatic N) is 1. The molecule has 0 radical (unpaired) electrons. The molecule has 3 atom stereocenters. The summed E-state index contributed by atoms with van der Waals surface area (Å²) in [5.74, 6) is 0.799. The van der Waals surface area contributed by atoms with Crippen LogP contribution in [0.15, 0.2) is 47.4 Å². The molecule has 7 nitrogen and oxygen atoms in total. The molecule has 192 valence electrons. The first-order valence-electron chi connectivity index (χ1n) is 13.0. The van der Waals surface area contributed by atoms with Gasteiger partial charge in [0.25, 0.3) is 5.91 Å². The predicted octanol–water partition coefficient (Wildman–Crippen LogP) is 3.88. The zero-order chi connectivity index (χ0) is 25.3. The monoisotopic (exact) mass is 509 g/mol. The maximum Gasteiger partial charge on any atom is 0.251 e. The molecule has 4 fully saturated rings. The van der Waals surface area contributed by atoms with E-state index in [1.54, 1.807) is 19.2 Å². The molecule has 7 rings (SSSR count). The lowest BCUT2D eigenvalue weighted by atomic mass is 9.46. The molecule has 1 heterocycles. The van der Waals surface area contributed by atoms with Gasteiger partial charge in [-0.15, -0.1) is 0 Å². The summed E-state index contributed by atoms with van der Waals surface area (Å²) in [7, 11) is -2.13. The number of aliphatic hydroxyl groups is 1. The Kier molecular flexibility index (Phi) is 5.52. The maximum absolute atomic E-state index is 13.7. The molecule has 8 heteroatoms. The van der Waals surface area contributed by atoms with Crippen LogP contribution in [0, 0.1) is 17.3 Å². The van der Waals surface area contributed by atoms with Crippen LogP contribution in [0.3, 0.4) is 0 Å². The lowest BCUT2D eigenvalue weighted by Crippen LogP contribution is -2.61. The molecule has 0 saturated heterocycles. The number of fused-ring (bicyclic) bond motifs is 1. The molecule has 2 aromatic rings. The number of sulfonamides is 1. The van der Waals surface area contributed by atoms with Crippen LogP contribution < -0.4 is 10.6 Å². The second kappa shape index (κ2) is 8.30. The zero-order valence-corrected chi connectivity index (χ0v) is 21.8. The van der Waals surface area contributed by atoms with E-state index in [1.165, 1.54) is 16.8 Å². The Morgan fingerprint density at radius 2 is 1.69 bits per heavy atom. The number of hydrogen-bond acceptors (Lipinski definition) is 5. The Bertz CT molecular complexity index is 1280. The molecule has 2 aromatic carbocycles. The van der Waals surface area contributed by atoms with Gasteiger partial charge in [-0.25, -0.2) is 8.42 Å². The van der Waals surface area contributed by atoms with Gasteiger partial charge in [0.2, 0.25) is 10.0 Å². The number of carbonyl (C=O) groups is 1. The van der Waals surface area contributed by atoms with Crippen LogP contribution in [0.2, 0.25) is 0 Å². The minimum atomic E-state index is -3.82. The predicted molar refractivity (Wildman–Crippen MR) is 138 cm³/mol. The quantitative estimate of drug-likeness (QED) is 0.549. The summed E-state index contributed by atoms with van der Waals surface area (Å²) in [6, 6.07) is 12.5. The minimum absolute atomic E-state index is 0.0877. The summed E-state index contributed by atoms with van der Waals surface area (Å²) < 4.78 is 28.8. The number of hydrogen-bond donors (Lipinski definition) is 3. The van der Waals surface area contributed by atoms with Crippen molar-refractivity contribution >= 4 is 21.6 Å². The number of amides is 1. The average molecular weight is 510 g/mol. The highest BCUT2D eigenvalue weighted by Crippen LogP contribution is 2.62. The lowest BCUT2D eigenvalue weighted by molar-refractivity contribution is -0.171. The summed E-state index contributed by atoms with van der Waals surface area (Å²) in [6.07, 6.45) is 5.79. The molecular formula is C28H35N3O4S. The fourth-order valence-corrected chi connectivity index (χ4v) is 9.54. The number of nitrogens with one attached hydrogen (secondary N) is 2. The molecule has 36 heavy (non-hydrogen) atoms. The van der Waals surface area contributed by atoms with Crippen molar-refractivity contribution in [3.63, 3.8) is 0 Å². The number of benzene rings is 2. The van der Waals surface area contributed by atoms with Gasteiger partial charge in [-0.05, 0) is 92.0 Å². The third-order valence-electron chi connectivity index (χ3n) is 9.28. The van der Waals surface area contributed by atoms with Crippen LogP contribution in [-0.4, -0.2) is 42.4 Å². The van der Waals surface area contributed by atoms with Crippen molar-refractivity contribution in [2.75, 3.05) is 12.4 Å². The first kappa shape index (κ1) is 23.9. The third-order valence-corrected chi connectivity index (χ3v) is 11.1. The summed E-state index contributed by atoms with van der Waals surface area (Å²) in [5.41, 5.74) is 2.14. The van der Waals surface area contributed by atoms with Crippen LogP contribution in [-0.2, 0) is 23.1 Å². The Balaban J connectivity index is 1.24. The highest BCUT2D eigenvalue weighted by atomic mass is 32.2. The molecule has 3 unspecified atom stereocenters. The van der Waals surface area contributed by atoms with Crippen LogP contribution in [0.25, 0.3) is 0 Å². The topological polar surface area (TPSA) is 98.7 Å². The van der Waals surface area contributed by atoms with Crippen LogP contribution >= 0.6 is 0 Å². The molecular weight excluding hydrogens is 474 g/mol. The summed E-state index contributed by atoms with van der Waals surface area (Å²) in [6.45, 7) is 2.70. The van der Waals surface area contributed by atoms with Gasteiger partial charge in [-0.2, -0.15) is 4.31 Å². The Labute approximate surface area is 213 Å². The molecule has 4 bridgehead atoms. The van der Waals surface area contributed by atoms with Crippen molar-refractivity contribution in [3.8, 4) is 0 Å². The lowest BCUT2D eigenvalue weighted by Gasteiger charge is -2.62. The van der Waals surface area contributed by atoms with Crippen LogP contribution in [0.1, 0.15) is 66.9 Å². The molecule has 1 aliphatic heterocycles. The minimum Gasteiger partial charge on any atom is -0.390 e. The van der Waals surface area contributed by atoms with E-state index in [0.717, 1.165) is 43.2 Å². The van der Waals surface area contributed by atoms with Gasteiger partial charge in [0.05, 0.1) is 11.3 Å². The molecule has 3 N–H and O–H groups in total. The van der Waals surface area contributed by atoms with Gasteiger partial charge in [0, 0.05) is 31.7 Å². The third kappa shape index (κ3) is 3.85. The van der Waals surface area contributed by atoms with Gasteiger partial charge >= 0.3 is 0 Å². The van der Waals surface area contributed by atoms with Gasteiger partial charge in [-0.3, -0.25) is 4.79 Å². The van der Waals surface area contributed by atoms with Gasteiger partial charge in [-0.1, -0.05) is 24.3 Å². The SMILES string of the molecule is CNc1ccc(C(=O)NC(C)C23CC4CC(CC(O)(C4)C2)C3)cc1S(=O)(=O)N1Cc2ccccc2C1. The zero-order valence-electron chi connectivity index (χ0n) is 21.0. The van der Waals surface area contributed by atoms with Crippen molar-refractivity contribution in [3.05, 3.63) is 59.2 Å². The molecule has 0 aromatic heterocycles. The Morgan fingerprint density at radius 3 is 2.28 bits per heavy atom. The van der Waals surface area contributed by atoms with Gasteiger partial charge in [0.1, 0.15) is 4.90 Å². The maximum atomic E-state index is 13.7. The number of rotatable bonds is 6. The second-order valence-corrected chi connectivity index (χ2v) is 13.7. The smallest absolute Gasteiger partial charge is 0.251 e. The fourth-order valence-electron chi connectivity index (χ4n) is 7.92. The molecule has 0 spiro atoms. The normalized spacial score (nSPS) is 31.8. The van der Waals surface area contributed by atoms with Crippen LogP contribution in [0.4, 0.5) is 5.69 Å². The van der Waals surface area contributed by atoms with Crippen LogP contribution in [0.5, 0.6) is 0 Å². The van der Waals surface area contributed by atoms with E-state index in [9.17, 15) is 18.3 Å². The first-order valence-corrected chi connectivity index (χ1v) is 14.5. The van der Waals surface area contributed by atoms with E-state index in [1.807, 2.05) is 24.3 Å². The molecule has 5 aliphatic rings. The van der Waals surface area contributed by atoms with E-state index in [4.69, 9.17) is 0 Å². The summed E-state index contributed by atoms with van der Waals surface area (Å²) in [5, 5.41) is 17.3. The van der Waals surface area contributed by atoms with E-state index >= 15 is 0 Å². The van der Waals surface area contributed by atoms with Crippen molar-refractivity contribution < 1.29 is 18.3 Å². The van der Waals surface area contributed by atoms with E-state index < -0.39 is 15.6 Å². The number of anilines is 1. The second-order valence-electron chi connectivity index (χ2n) is 11.7. The van der Waals surface area contributed by atoms with E-state index in [2.05, 4.69) is 17.6 Å². The highest BCUT2D eigenvalue weighted by molar-refractivity contribution is 7.89. The number of carbonyl (C=O) groups excluding carboxylic acids is 1. The molecule has 1 amide bonds. The molecule has 4 saturated carbocycles. The average Bonchev–Trinajstić information content (AvgIpc) is 3.27. The molecule has 4 aliphatic carbocycles. The standard InChI is InChI=1S/C28H35N3O4S/c1-18(27-11-19-9-20(12-27)14-28(33,13-19)17-27)30-26(32)21-7-8-24(29-2)25(10-21)36(34,35)31-15-22-5-3-4-6-23(22)16-31/h3-8,10,18-20,29,33H,9,11-17H2,1-2H3,(H,30,32). The van der Waals surface area contributed by atoms with Crippen molar-refractivity contribution in [1.82, 2.24) is 9.62 Å². The van der Waals surface area contributed by atoms with Gasteiger partial charge in [0.15, 0.2) is 0 Å². The highest BCUT2D eigenvalue weighted by Gasteiger charge is 2.59. The van der Waals surface area contributed by atoms with E-state index in [0.29, 0.717) is 36.2 Å². The van der Waals surface area contributed by atoms with E-state index in [-0.39, 0.29) is 22.3 Å². The first-order chi connectivity index (χ1) is 17.1. The van der Waals surface area contributed by atoms with Crippen molar-refractivity contribution in [2.24, 2.45) is 17.3 Å². The summed E-state index contributed by atoms with van der Waals surface area (Å²) in [4.78, 5) is 13.5. The van der Waals surface area contributed by atoms with Crippen molar-refractivity contribution in [1.29, 1.82) is 0 Å².